The molecule has 1 fully saturated rings. The highest BCUT2D eigenvalue weighted by Crippen LogP contribution is 2.29. The van der Waals surface area contributed by atoms with Gasteiger partial charge in [0.1, 0.15) is 18.0 Å². The third-order valence-electron chi connectivity index (χ3n) is 3.85. The fourth-order valence-electron chi connectivity index (χ4n) is 2.43. The number of hydrogen-bond acceptors (Lipinski definition) is 7. The van der Waals surface area contributed by atoms with E-state index in [1.807, 2.05) is 6.92 Å². The van der Waals surface area contributed by atoms with Gasteiger partial charge in [-0.1, -0.05) is 13.3 Å². The maximum absolute atomic E-state index is 12.2. The van der Waals surface area contributed by atoms with Crippen molar-refractivity contribution in [1.82, 2.24) is 9.80 Å². The molecule has 0 unspecified atom stereocenters. The number of ether oxygens (including phenoxy) is 1. The van der Waals surface area contributed by atoms with Gasteiger partial charge in [-0.3, -0.25) is 29.4 Å². The number of amides is 5. The number of imide groups is 2. The Hall–Kier alpha value is -3.50. The Morgan fingerprint density at radius 1 is 1.22 bits per heavy atom. The van der Waals surface area contributed by atoms with Gasteiger partial charge in [0.25, 0.3) is 5.69 Å². The lowest BCUT2D eigenvalue weighted by molar-refractivity contribution is -0.384. The minimum atomic E-state index is -1.10. The summed E-state index contributed by atoms with van der Waals surface area (Å²) in [6.07, 6.45) is 1.25. The molecule has 0 aliphatic carbocycles. The van der Waals surface area contributed by atoms with Gasteiger partial charge >= 0.3 is 17.8 Å². The maximum atomic E-state index is 12.2. The van der Waals surface area contributed by atoms with E-state index in [1.165, 1.54) is 19.2 Å². The largest absolute Gasteiger partial charge is 0.496 e. The zero-order chi connectivity index (χ0) is 20.1. The lowest BCUT2D eigenvalue weighted by Gasteiger charge is -2.15. The summed E-state index contributed by atoms with van der Waals surface area (Å²) in [7, 11) is 1.34. The highest BCUT2D eigenvalue weighted by atomic mass is 16.6. The average molecular weight is 378 g/mol. The number of hydrogen-bond donors (Lipinski definition) is 1. The minimum absolute atomic E-state index is 0.0853. The molecule has 1 aliphatic rings. The first kappa shape index (κ1) is 19.8. The summed E-state index contributed by atoms with van der Waals surface area (Å²) in [5.41, 5.74) is -0.540. The summed E-state index contributed by atoms with van der Waals surface area (Å²) in [5.74, 6) is -2.72. The van der Waals surface area contributed by atoms with Crippen molar-refractivity contribution in [2.24, 2.45) is 0 Å². The molecule has 0 atom stereocenters. The van der Waals surface area contributed by atoms with Crippen molar-refractivity contribution in [3.8, 4) is 5.75 Å². The second kappa shape index (κ2) is 8.25. The molecule has 1 aromatic carbocycles. The summed E-state index contributed by atoms with van der Waals surface area (Å²) >= 11 is 0. The first-order valence-electron chi connectivity index (χ1n) is 8.09. The molecule has 0 bridgehead atoms. The van der Waals surface area contributed by atoms with Crippen molar-refractivity contribution in [1.29, 1.82) is 0 Å². The van der Waals surface area contributed by atoms with E-state index in [4.69, 9.17) is 4.74 Å². The summed E-state index contributed by atoms with van der Waals surface area (Å²) in [5, 5.41) is 13.4. The lowest BCUT2D eigenvalue weighted by atomic mass is 10.2. The summed E-state index contributed by atoms with van der Waals surface area (Å²) in [4.78, 5) is 59.9. The molecule has 1 aliphatic heterocycles. The Bertz CT molecular complexity index is 808. The quantitative estimate of drug-likeness (QED) is 0.309. The van der Waals surface area contributed by atoms with Crippen molar-refractivity contribution in [2.75, 3.05) is 25.5 Å². The first-order valence-corrected chi connectivity index (χ1v) is 8.09. The molecule has 0 radical (unpaired) electrons. The number of urea groups is 1. The summed E-state index contributed by atoms with van der Waals surface area (Å²) < 4.78 is 4.90. The van der Waals surface area contributed by atoms with Crippen LogP contribution in [0.2, 0.25) is 0 Å². The van der Waals surface area contributed by atoms with E-state index in [-0.39, 0.29) is 18.0 Å². The van der Waals surface area contributed by atoms with Crippen LogP contribution in [0.4, 0.5) is 16.2 Å². The summed E-state index contributed by atoms with van der Waals surface area (Å²) in [6.45, 7) is 1.22. The SMILES string of the molecule is CCCCN1C(=O)C(=O)N(CC(=O)Nc2ccc(OC)cc2[N+](=O)[O-])C1=O. The molecule has 0 saturated carbocycles. The number of rotatable bonds is 8. The van der Waals surface area contributed by atoms with Crippen LogP contribution in [-0.4, -0.2) is 58.7 Å². The molecule has 27 heavy (non-hydrogen) atoms. The Morgan fingerprint density at radius 2 is 1.89 bits per heavy atom. The molecule has 11 heteroatoms. The zero-order valence-electron chi connectivity index (χ0n) is 14.8. The molecule has 1 N–H and O–H groups in total. The second-order valence-electron chi connectivity index (χ2n) is 5.67. The molecule has 1 aromatic rings. The molecule has 11 nitrogen and oxygen atoms in total. The van der Waals surface area contributed by atoms with Gasteiger partial charge in [0.15, 0.2) is 0 Å². The predicted molar refractivity (Wildman–Crippen MR) is 92.0 cm³/mol. The number of nitro benzene ring substituents is 1. The van der Waals surface area contributed by atoms with Crippen LogP contribution in [-0.2, 0) is 14.4 Å². The first-order chi connectivity index (χ1) is 12.8. The van der Waals surface area contributed by atoms with E-state index in [9.17, 15) is 29.3 Å². The topological polar surface area (TPSA) is 139 Å². The fourth-order valence-corrected chi connectivity index (χ4v) is 2.43. The van der Waals surface area contributed by atoms with Crippen molar-refractivity contribution in [3.63, 3.8) is 0 Å². The Labute approximate surface area is 154 Å². The third-order valence-corrected chi connectivity index (χ3v) is 3.85. The van der Waals surface area contributed by atoms with Crippen LogP contribution in [0.25, 0.3) is 0 Å². The molecular formula is C16H18N4O7. The standard InChI is InChI=1S/C16H18N4O7/c1-3-4-7-18-14(22)15(23)19(16(18)24)9-13(21)17-11-6-5-10(27-2)8-12(11)20(25)26/h5-6,8H,3-4,7,9H2,1-2H3,(H,17,21). The van der Waals surface area contributed by atoms with Crippen LogP contribution in [0, 0.1) is 10.1 Å². The van der Waals surface area contributed by atoms with Gasteiger partial charge in [-0.25, -0.2) is 9.69 Å². The molecule has 1 saturated heterocycles. The number of methoxy groups -OCH3 is 1. The zero-order valence-corrected chi connectivity index (χ0v) is 14.8. The van der Waals surface area contributed by atoms with Crippen molar-refractivity contribution < 1.29 is 28.8 Å². The van der Waals surface area contributed by atoms with Crippen LogP contribution in [0.15, 0.2) is 18.2 Å². The number of nitrogens with one attached hydrogen (secondary N) is 1. The molecular weight excluding hydrogens is 360 g/mol. The van der Waals surface area contributed by atoms with Gasteiger partial charge in [0.05, 0.1) is 18.1 Å². The Morgan fingerprint density at radius 3 is 2.48 bits per heavy atom. The van der Waals surface area contributed by atoms with E-state index in [0.717, 1.165) is 11.0 Å². The minimum Gasteiger partial charge on any atom is -0.496 e. The number of nitrogens with zero attached hydrogens (tertiary/aromatic N) is 3. The van der Waals surface area contributed by atoms with E-state index < -0.39 is 40.9 Å². The van der Waals surface area contributed by atoms with Crippen molar-refractivity contribution >= 4 is 35.1 Å². The number of benzene rings is 1. The molecule has 0 spiro atoms. The average Bonchev–Trinajstić information content (AvgIpc) is 2.83. The molecule has 144 valence electrons. The highest BCUT2D eigenvalue weighted by molar-refractivity contribution is 6.45. The van der Waals surface area contributed by atoms with Crippen LogP contribution in [0.5, 0.6) is 5.75 Å². The van der Waals surface area contributed by atoms with Crippen molar-refractivity contribution in [3.05, 3.63) is 28.3 Å². The van der Waals surface area contributed by atoms with E-state index in [0.29, 0.717) is 17.7 Å². The van der Waals surface area contributed by atoms with Crippen LogP contribution >= 0.6 is 0 Å². The van der Waals surface area contributed by atoms with Gasteiger partial charge in [-0.2, -0.15) is 0 Å². The predicted octanol–water partition coefficient (Wildman–Crippen LogP) is 1.13. The molecule has 0 aromatic heterocycles. The van der Waals surface area contributed by atoms with Gasteiger partial charge in [0, 0.05) is 6.54 Å². The highest BCUT2D eigenvalue weighted by Gasteiger charge is 2.44. The number of nitro groups is 1. The third kappa shape index (κ3) is 4.19. The number of unbranched alkanes of at least 4 members (excludes halogenated alkanes) is 1. The Balaban J connectivity index is 2.12. The van der Waals surface area contributed by atoms with Gasteiger partial charge < -0.3 is 10.1 Å². The van der Waals surface area contributed by atoms with Crippen molar-refractivity contribution in [2.45, 2.75) is 19.8 Å². The molecule has 1 heterocycles. The number of carbonyl (C=O) groups excluding carboxylic acids is 4. The van der Waals surface area contributed by atoms with E-state index >= 15 is 0 Å². The smallest absolute Gasteiger partial charge is 0.334 e. The van der Waals surface area contributed by atoms with Crippen LogP contribution in [0.3, 0.4) is 0 Å². The van der Waals surface area contributed by atoms with Gasteiger partial charge in [0.2, 0.25) is 5.91 Å². The van der Waals surface area contributed by atoms with Crippen LogP contribution < -0.4 is 10.1 Å². The number of carbonyl (C=O) groups is 4. The lowest BCUT2D eigenvalue weighted by Crippen LogP contribution is -2.39. The molecule has 2 rings (SSSR count). The fraction of sp³-hybridized carbons (Fsp3) is 0.375. The number of anilines is 1. The normalized spacial score (nSPS) is 13.9. The van der Waals surface area contributed by atoms with E-state index in [2.05, 4.69) is 5.32 Å². The van der Waals surface area contributed by atoms with Gasteiger partial charge in [-0.05, 0) is 18.6 Å². The van der Waals surface area contributed by atoms with E-state index in [1.54, 1.807) is 0 Å². The van der Waals surface area contributed by atoms with Crippen LogP contribution in [0.1, 0.15) is 19.8 Å². The van der Waals surface area contributed by atoms with Gasteiger partial charge in [-0.15, -0.1) is 0 Å². The molecule has 5 amide bonds. The monoisotopic (exact) mass is 378 g/mol. The maximum Gasteiger partial charge on any atom is 0.334 e. The Kier molecular flexibility index (Phi) is 6.06. The second-order valence-corrected chi connectivity index (χ2v) is 5.67. The summed E-state index contributed by atoms with van der Waals surface area (Å²) in [6, 6.07) is 2.92.